The molecule has 0 spiro atoms. The predicted octanol–water partition coefficient (Wildman–Crippen LogP) is 3.02. The molecule has 1 aliphatic carbocycles. The summed E-state index contributed by atoms with van der Waals surface area (Å²) in [6.45, 7) is 5.84. The number of ether oxygens (including phenoxy) is 3. The minimum absolute atomic E-state index is 0.361. The Morgan fingerprint density at radius 1 is 1.08 bits per heavy atom. The molecule has 1 saturated carbocycles. The Hall–Kier alpha value is -1.61. The van der Waals surface area contributed by atoms with Gasteiger partial charge in [0.1, 0.15) is 17.1 Å². The van der Waals surface area contributed by atoms with Gasteiger partial charge in [-0.3, -0.25) is 0 Å². The van der Waals surface area contributed by atoms with Crippen molar-refractivity contribution in [3.8, 4) is 11.8 Å². The Labute approximate surface area is 157 Å². The fraction of sp³-hybridized carbons (Fsp3) is 0.667. The lowest BCUT2D eigenvalue weighted by Gasteiger charge is -2.39. The van der Waals surface area contributed by atoms with Crippen LogP contribution < -0.4 is 4.90 Å². The third-order valence-corrected chi connectivity index (χ3v) is 5.27. The van der Waals surface area contributed by atoms with E-state index in [-0.39, 0.29) is 0 Å². The first-order valence-corrected chi connectivity index (χ1v) is 9.47. The Balaban J connectivity index is 1.52. The fourth-order valence-corrected chi connectivity index (χ4v) is 3.25. The molecule has 2 aliphatic rings. The maximum atomic E-state index is 6.19. The lowest BCUT2D eigenvalue weighted by Crippen LogP contribution is -2.43. The zero-order chi connectivity index (χ0) is 18.6. The van der Waals surface area contributed by atoms with Crippen molar-refractivity contribution < 1.29 is 14.2 Å². The Bertz CT molecular complexity index is 651. The van der Waals surface area contributed by atoms with E-state index in [1.165, 1.54) is 0 Å². The molecule has 2 heterocycles. The van der Waals surface area contributed by atoms with Crippen LogP contribution in [0.3, 0.4) is 0 Å². The van der Waals surface area contributed by atoms with E-state index in [2.05, 4.69) is 22.8 Å². The third-order valence-electron chi connectivity index (χ3n) is 5.27. The molecule has 1 aliphatic heterocycles. The lowest BCUT2D eigenvalue weighted by atomic mass is 9.91. The summed E-state index contributed by atoms with van der Waals surface area (Å²) in [4.78, 5) is 7.03. The smallest absolute Gasteiger partial charge is 0.129 e. The van der Waals surface area contributed by atoms with E-state index < -0.39 is 5.60 Å². The molecular weight excluding hydrogens is 328 g/mol. The lowest BCUT2D eigenvalue weighted by molar-refractivity contribution is -0.119. The minimum Gasteiger partial charge on any atom is -0.381 e. The van der Waals surface area contributed by atoms with Crippen molar-refractivity contribution in [1.82, 2.24) is 4.98 Å². The number of rotatable bonds is 5. The molecule has 0 radical (unpaired) electrons. The molecule has 0 atom stereocenters. The molecule has 2 fully saturated rings. The topological polar surface area (TPSA) is 43.8 Å². The van der Waals surface area contributed by atoms with Crippen LogP contribution >= 0.6 is 0 Å². The van der Waals surface area contributed by atoms with Crippen molar-refractivity contribution in [2.45, 2.75) is 63.4 Å². The number of nitrogens with zero attached hydrogens (tertiary/aromatic N) is 2. The molecule has 26 heavy (non-hydrogen) atoms. The highest BCUT2D eigenvalue weighted by Crippen LogP contribution is 2.29. The number of hydrogen-bond acceptors (Lipinski definition) is 5. The highest BCUT2D eigenvalue weighted by Gasteiger charge is 2.33. The molecule has 5 heteroatoms. The van der Waals surface area contributed by atoms with Crippen molar-refractivity contribution in [2.75, 3.05) is 32.2 Å². The van der Waals surface area contributed by atoms with Gasteiger partial charge < -0.3 is 19.1 Å². The van der Waals surface area contributed by atoms with Crippen LogP contribution in [0.1, 0.15) is 45.2 Å². The van der Waals surface area contributed by atoms with E-state index in [1.807, 2.05) is 26.0 Å². The SMILES string of the molecule is COC1CC(OC2CCN(c3cccc(C#CC(C)(C)OC)n3)CC2)C1. The molecule has 0 unspecified atom stereocenters. The first kappa shape index (κ1) is 19.2. The maximum absolute atomic E-state index is 6.19. The number of hydrogen-bond donors (Lipinski definition) is 0. The van der Waals surface area contributed by atoms with Crippen molar-refractivity contribution in [3.63, 3.8) is 0 Å². The standard InChI is InChI=1S/C21H30N2O3/c1-21(2,25-4)11-8-16-6-5-7-20(22-16)23-12-9-17(10-13-23)26-19-14-18(15-19)24-3/h5-7,17-19H,9-10,12-15H2,1-4H3. The second kappa shape index (κ2) is 8.39. The summed E-state index contributed by atoms with van der Waals surface area (Å²) >= 11 is 0. The van der Waals surface area contributed by atoms with E-state index in [0.717, 1.165) is 50.3 Å². The van der Waals surface area contributed by atoms with Crippen molar-refractivity contribution >= 4 is 5.82 Å². The fourth-order valence-electron chi connectivity index (χ4n) is 3.25. The van der Waals surface area contributed by atoms with Crippen molar-refractivity contribution in [3.05, 3.63) is 23.9 Å². The molecule has 1 aromatic rings. The summed E-state index contributed by atoms with van der Waals surface area (Å²) in [6.07, 6.45) is 5.31. The van der Waals surface area contributed by atoms with Crippen LogP contribution in [0.2, 0.25) is 0 Å². The molecule has 0 aromatic carbocycles. The zero-order valence-corrected chi connectivity index (χ0v) is 16.3. The third kappa shape index (κ3) is 4.97. The molecular formula is C21H30N2O3. The van der Waals surface area contributed by atoms with Gasteiger partial charge in [0.25, 0.3) is 0 Å². The molecule has 0 amide bonds. The van der Waals surface area contributed by atoms with Crippen LogP contribution in [0.4, 0.5) is 5.82 Å². The van der Waals surface area contributed by atoms with Crippen LogP contribution in [0.5, 0.6) is 0 Å². The molecule has 5 nitrogen and oxygen atoms in total. The van der Waals surface area contributed by atoms with Gasteiger partial charge in [-0.2, -0.15) is 0 Å². The van der Waals surface area contributed by atoms with Gasteiger partial charge in [0.05, 0.1) is 18.3 Å². The van der Waals surface area contributed by atoms with Crippen molar-refractivity contribution in [2.24, 2.45) is 0 Å². The van der Waals surface area contributed by atoms with Gasteiger partial charge in [0.15, 0.2) is 0 Å². The summed E-state index contributed by atoms with van der Waals surface area (Å²) in [5.41, 5.74) is 0.322. The molecule has 0 N–H and O–H groups in total. The number of methoxy groups -OCH3 is 2. The number of piperidine rings is 1. The van der Waals surface area contributed by atoms with Gasteiger partial charge in [0, 0.05) is 27.3 Å². The Morgan fingerprint density at radius 3 is 2.46 bits per heavy atom. The average molecular weight is 358 g/mol. The summed E-state index contributed by atoms with van der Waals surface area (Å²) in [5, 5.41) is 0. The van der Waals surface area contributed by atoms with Gasteiger partial charge >= 0.3 is 0 Å². The maximum Gasteiger partial charge on any atom is 0.129 e. The monoisotopic (exact) mass is 358 g/mol. The molecule has 1 saturated heterocycles. The number of anilines is 1. The Morgan fingerprint density at radius 2 is 1.81 bits per heavy atom. The second-order valence-corrected chi connectivity index (χ2v) is 7.62. The highest BCUT2D eigenvalue weighted by molar-refractivity contribution is 5.43. The van der Waals surface area contributed by atoms with E-state index in [9.17, 15) is 0 Å². The quantitative estimate of drug-likeness (QED) is 0.757. The van der Waals surface area contributed by atoms with Crippen LogP contribution in [0, 0.1) is 11.8 Å². The molecule has 3 rings (SSSR count). The van der Waals surface area contributed by atoms with E-state index in [1.54, 1.807) is 14.2 Å². The van der Waals surface area contributed by atoms with Gasteiger partial charge in [-0.05, 0) is 57.6 Å². The average Bonchev–Trinajstić information content (AvgIpc) is 2.63. The second-order valence-electron chi connectivity index (χ2n) is 7.62. The van der Waals surface area contributed by atoms with Gasteiger partial charge in [-0.15, -0.1) is 0 Å². The Kier molecular flexibility index (Phi) is 6.18. The van der Waals surface area contributed by atoms with Crippen LogP contribution in [0.25, 0.3) is 0 Å². The summed E-state index contributed by atoms with van der Waals surface area (Å²) in [6, 6.07) is 6.03. The minimum atomic E-state index is -0.462. The highest BCUT2D eigenvalue weighted by atomic mass is 16.5. The summed E-state index contributed by atoms with van der Waals surface area (Å²) in [7, 11) is 3.45. The van der Waals surface area contributed by atoms with Crippen molar-refractivity contribution in [1.29, 1.82) is 0 Å². The van der Waals surface area contributed by atoms with Crippen LogP contribution in [-0.2, 0) is 14.2 Å². The first-order chi connectivity index (χ1) is 12.5. The predicted molar refractivity (Wildman–Crippen MR) is 102 cm³/mol. The van der Waals surface area contributed by atoms with Crippen LogP contribution in [-0.4, -0.2) is 56.2 Å². The van der Waals surface area contributed by atoms with E-state index in [0.29, 0.717) is 18.3 Å². The number of aromatic nitrogens is 1. The molecule has 142 valence electrons. The van der Waals surface area contributed by atoms with E-state index >= 15 is 0 Å². The number of pyridine rings is 1. The van der Waals surface area contributed by atoms with Gasteiger partial charge in [-0.1, -0.05) is 12.0 Å². The van der Waals surface area contributed by atoms with Crippen LogP contribution in [0.15, 0.2) is 18.2 Å². The summed E-state index contributed by atoms with van der Waals surface area (Å²) < 4.78 is 16.9. The van der Waals surface area contributed by atoms with Gasteiger partial charge in [-0.25, -0.2) is 4.98 Å². The molecule has 0 bridgehead atoms. The van der Waals surface area contributed by atoms with E-state index in [4.69, 9.17) is 19.2 Å². The first-order valence-electron chi connectivity index (χ1n) is 9.47. The zero-order valence-electron chi connectivity index (χ0n) is 16.3. The normalized spacial score (nSPS) is 23.9. The largest absolute Gasteiger partial charge is 0.381 e. The summed E-state index contributed by atoms with van der Waals surface area (Å²) in [5.74, 6) is 7.24. The molecule has 1 aromatic heterocycles. The van der Waals surface area contributed by atoms with Gasteiger partial charge in [0.2, 0.25) is 0 Å².